The molecule has 0 aliphatic carbocycles. The number of rotatable bonds is 2. The van der Waals surface area contributed by atoms with Gasteiger partial charge in [-0.05, 0) is 12.1 Å². The first-order valence-electron chi connectivity index (χ1n) is 6.62. The number of nitrogens with zero attached hydrogens (tertiary/aromatic N) is 3. The largest absolute Gasteiger partial charge is 0.337 e. The number of aromatic nitrogens is 3. The summed E-state index contributed by atoms with van der Waals surface area (Å²) in [6, 6.07) is 3.56. The Labute approximate surface area is 125 Å². The first-order valence-corrected chi connectivity index (χ1v) is 7.78. The number of aromatic amines is 1. The van der Waals surface area contributed by atoms with E-state index in [4.69, 9.17) is 0 Å². The first-order chi connectivity index (χ1) is 10.3. The Balaban J connectivity index is 1.88. The number of hydrogen-bond acceptors (Lipinski definition) is 5. The Morgan fingerprint density at radius 2 is 2.10 bits per heavy atom. The van der Waals surface area contributed by atoms with E-state index in [2.05, 4.69) is 15.0 Å². The number of amides is 1. The molecule has 1 N–H and O–H groups in total. The van der Waals surface area contributed by atoms with Crippen LogP contribution in [0.4, 0.5) is 0 Å². The van der Waals surface area contributed by atoms with Crippen LogP contribution < -0.4 is 5.56 Å². The second-order valence-corrected chi connectivity index (χ2v) is 5.85. The van der Waals surface area contributed by atoms with E-state index in [0.29, 0.717) is 24.5 Å². The standard InChI is InChI=1S/C14H14N4O2S/c19-13-11(14(20)18-4-6-21-7-5-18)9-16-12(17-13)10-2-1-3-15-8-10/h1-3,8-9H,4-7H2,(H,16,17,19). The maximum Gasteiger partial charge on any atom is 0.264 e. The topological polar surface area (TPSA) is 79.0 Å². The third kappa shape index (κ3) is 2.97. The van der Waals surface area contributed by atoms with Gasteiger partial charge in [0.25, 0.3) is 11.5 Å². The minimum absolute atomic E-state index is 0.0922. The van der Waals surface area contributed by atoms with Gasteiger partial charge in [-0.2, -0.15) is 11.8 Å². The lowest BCUT2D eigenvalue weighted by Crippen LogP contribution is -2.40. The smallest absolute Gasteiger partial charge is 0.264 e. The summed E-state index contributed by atoms with van der Waals surface area (Å²) in [6.07, 6.45) is 4.61. The van der Waals surface area contributed by atoms with Gasteiger partial charge in [-0.1, -0.05) is 0 Å². The summed E-state index contributed by atoms with van der Waals surface area (Å²) < 4.78 is 0. The summed E-state index contributed by atoms with van der Waals surface area (Å²) in [6.45, 7) is 1.35. The minimum atomic E-state index is -0.410. The number of carbonyl (C=O) groups is 1. The number of hydrogen-bond donors (Lipinski definition) is 1. The maximum atomic E-state index is 12.3. The van der Waals surface area contributed by atoms with Crippen LogP contribution in [0, 0.1) is 0 Å². The molecule has 108 valence electrons. The number of pyridine rings is 1. The lowest BCUT2D eigenvalue weighted by Gasteiger charge is -2.25. The Morgan fingerprint density at radius 1 is 1.29 bits per heavy atom. The van der Waals surface area contributed by atoms with Crippen LogP contribution in [0.3, 0.4) is 0 Å². The second-order valence-electron chi connectivity index (χ2n) is 4.62. The second kappa shape index (κ2) is 6.09. The lowest BCUT2D eigenvalue weighted by molar-refractivity contribution is 0.0770. The van der Waals surface area contributed by atoms with Gasteiger partial charge in [0.2, 0.25) is 0 Å². The maximum absolute atomic E-state index is 12.3. The number of carbonyl (C=O) groups excluding carboxylic acids is 1. The number of H-pyrrole nitrogens is 1. The summed E-state index contributed by atoms with van der Waals surface area (Å²) in [5.74, 6) is 1.98. The van der Waals surface area contributed by atoms with Crippen LogP contribution in [0.5, 0.6) is 0 Å². The van der Waals surface area contributed by atoms with E-state index >= 15 is 0 Å². The molecule has 1 fully saturated rings. The van der Waals surface area contributed by atoms with E-state index in [1.54, 1.807) is 29.4 Å². The molecule has 1 aliphatic heterocycles. The highest BCUT2D eigenvalue weighted by atomic mass is 32.2. The van der Waals surface area contributed by atoms with Crippen molar-refractivity contribution in [1.29, 1.82) is 0 Å². The normalized spacial score (nSPS) is 15.0. The van der Waals surface area contributed by atoms with Crippen LogP contribution >= 0.6 is 11.8 Å². The van der Waals surface area contributed by atoms with Crippen molar-refractivity contribution in [2.75, 3.05) is 24.6 Å². The van der Waals surface area contributed by atoms with Gasteiger partial charge in [-0.3, -0.25) is 14.6 Å². The molecule has 2 aromatic heterocycles. The number of thioether (sulfide) groups is 1. The van der Waals surface area contributed by atoms with Crippen LogP contribution in [0.2, 0.25) is 0 Å². The van der Waals surface area contributed by atoms with Crippen LogP contribution in [0.1, 0.15) is 10.4 Å². The minimum Gasteiger partial charge on any atom is -0.337 e. The van der Waals surface area contributed by atoms with Crippen LogP contribution in [0.25, 0.3) is 11.4 Å². The van der Waals surface area contributed by atoms with Crippen molar-refractivity contribution in [1.82, 2.24) is 19.9 Å². The van der Waals surface area contributed by atoms with E-state index in [1.165, 1.54) is 6.20 Å². The van der Waals surface area contributed by atoms with Gasteiger partial charge in [-0.15, -0.1) is 0 Å². The molecule has 3 rings (SSSR count). The van der Waals surface area contributed by atoms with Gasteiger partial charge < -0.3 is 9.88 Å². The summed E-state index contributed by atoms with van der Waals surface area (Å²) in [4.78, 5) is 37.0. The van der Waals surface area contributed by atoms with Gasteiger partial charge in [0.1, 0.15) is 11.4 Å². The molecular formula is C14H14N4O2S. The van der Waals surface area contributed by atoms with E-state index < -0.39 is 5.56 Å². The molecule has 0 radical (unpaired) electrons. The van der Waals surface area contributed by atoms with Crippen molar-refractivity contribution < 1.29 is 4.79 Å². The van der Waals surface area contributed by atoms with Crippen molar-refractivity contribution in [2.24, 2.45) is 0 Å². The molecule has 6 nitrogen and oxygen atoms in total. The Bertz CT molecular complexity index is 696. The molecule has 7 heteroatoms. The van der Waals surface area contributed by atoms with Crippen molar-refractivity contribution in [3.05, 3.63) is 46.6 Å². The van der Waals surface area contributed by atoms with Crippen LogP contribution in [-0.2, 0) is 0 Å². The fourth-order valence-electron chi connectivity index (χ4n) is 2.13. The highest BCUT2D eigenvalue weighted by Gasteiger charge is 2.21. The predicted molar refractivity (Wildman–Crippen MR) is 81.3 cm³/mol. The van der Waals surface area contributed by atoms with Crippen molar-refractivity contribution in [3.63, 3.8) is 0 Å². The van der Waals surface area contributed by atoms with E-state index in [-0.39, 0.29) is 11.5 Å². The third-order valence-electron chi connectivity index (χ3n) is 3.26. The molecule has 3 heterocycles. The summed E-state index contributed by atoms with van der Waals surface area (Å²) in [5, 5.41) is 0. The molecule has 21 heavy (non-hydrogen) atoms. The first kappa shape index (κ1) is 13.8. The summed E-state index contributed by atoms with van der Waals surface area (Å²) in [5.41, 5.74) is 0.393. The zero-order valence-corrected chi connectivity index (χ0v) is 12.1. The quantitative estimate of drug-likeness (QED) is 0.896. The molecule has 0 spiro atoms. The fraction of sp³-hybridized carbons (Fsp3) is 0.286. The Hall–Kier alpha value is -2.15. The average Bonchev–Trinajstić information content (AvgIpc) is 2.56. The Morgan fingerprint density at radius 3 is 2.76 bits per heavy atom. The summed E-state index contributed by atoms with van der Waals surface area (Å²) >= 11 is 1.81. The average molecular weight is 302 g/mol. The van der Waals surface area contributed by atoms with E-state index in [0.717, 1.165) is 11.5 Å². The molecule has 1 amide bonds. The SMILES string of the molecule is O=C(c1cnc(-c2cccnc2)[nH]c1=O)N1CCSCC1. The predicted octanol–water partition coefficient (Wildman–Crippen LogP) is 1.02. The lowest BCUT2D eigenvalue weighted by atomic mass is 10.2. The van der Waals surface area contributed by atoms with Crippen LogP contribution in [0.15, 0.2) is 35.5 Å². The zero-order valence-electron chi connectivity index (χ0n) is 11.3. The molecule has 0 atom stereocenters. The molecular weight excluding hydrogens is 288 g/mol. The molecule has 0 saturated carbocycles. The molecule has 0 bridgehead atoms. The molecule has 1 saturated heterocycles. The van der Waals surface area contributed by atoms with Gasteiger partial charge in [0.15, 0.2) is 0 Å². The fourth-order valence-corrected chi connectivity index (χ4v) is 3.04. The highest BCUT2D eigenvalue weighted by Crippen LogP contribution is 2.13. The molecule has 0 unspecified atom stereocenters. The highest BCUT2D eigenvalue weighted by molar-refractivity contribution is 7.99. The van der Waals surface area contributed by atoms with Gasteiger partial charge in [0, 0.05) is 48.7 Å². The van der Waals surface area contributed by atoms with Gasteiger partial charge >= 0.3 is 0 Å². The summed E-state index contributed by atoms with van der Waals surface area (Å²) in [7, 11) is 0. The van der Waals surface area contributed by atoms with Crippen molar-refractivity contribution in [2.45, 2.75) is 0 Å². The molecule has 0 aromatic carbocycles. The molecule has 1 aliphatic rings. The van der Waals surface area contributed by atoms with Crippen LogP contribution in [-0.4, -0.2) is 50.4 Å². The van der Waals surface area contributed by atoms with Crippen molar-refractivity contribution in [3.8, 4) is 11.4 Å². The zero-order chi connectivity index (χ0) is 14.7. The third-order valence-corrected chi connectivity index (χ3v) is 4.21. The van der Waals surface area contributed by atoms with E-state index in [1.807, 2.05) is 11.8 Å². The van der Waals surface area contributed by atoms with E-state index in [9.17, 15) is 9.59 Å². The van der Waals surface area contributed by atoms with Gasteiger partial charge in [0.05, 0.1) is 0 Å². The number of nitrogens with one attached hydrogen (secondary N) is 1. The monoisotopic (exact) mass is 302 g/mol. The molecule has 2 aromatic rings. The van der Waals surface area contributed by atoms with Crippen molar-refractivity contribution >= 4 is 17.7 Å². The van der Waals surface area contributed by atoms with Gasteiger partial charge in [-0.25, -0.2) is 4.98 Å². The Kier molecular flexibility index (Phi) is 4.01.